The molecule has 0 aliphatic carbocycles. The predicted molar refractivity (Wildman–Crippen MR) is 123 cm³/mol. The van der Waals surface area contributed by atoms with Crippen LogP contribution in [0.4, 0.5) is 0 Å². The molecule has 0 atom stereocenters. The summed E-state index contributed by atoms with van der Waals surface area (Å²) in [6.07, 6.45) is 6.26. The van der Waals surface area contributed by atoms with E-state index in [-0.39, 0.29) is 24.0 Å². The average molecular weight is 491 g/mol. The molecule has 2 aromatic heterocycles. The van der Waals surface area contributed by atoms with Gasteiger partial charge in [0.2, 0.25) is 0 Å². The van der Waals surface area contributed by atoms with Crippen LogP contribution < -0.4 is 10.6 Å². The van der Waals surface area contributed by atoms with Crippen LogP contribution in [-0.2, 0) is 13.0 Å². The number of nitrogens with one attached hydrogen (secondary N) is 2. The Morgan fingerprint density at radius 1 is 1.21 bits per heavy atom. The summed E-state index contributed by atoms with van der Waals surface area (Å²) in [6, 6.07) is 14.0. The Bertz CT molecular complexity index is 886. The number of furan rings is 1. The summed E-state index contributed by atoms with van der Waals surface area (Å²) in [5.41, 5.74) is 3.13. The number of rotatable bonds is 8. The quantitative estimate of drug-likeness (QED) is 0.218. The van der Waals surface area contributed by atoms with E-state index in [2.05, 4.69) is 34.4 Å². The molecular weight excluding hydrogens is 465 g/mol. The summed E-state index contributed by atoms with van der Waals surface area (Å²) < 4.78 is 7.26. The molecule has 1 aromatic carbocycles. The first-order valence-corrected chi connectivity index (χ1v) is 9.02. The minimum atomic E-state index is 0. The van der Waals surface area contributed by atoms with Gasteiger partial charge in [-0.25, -0.2) is 9.67 Å². The standard InChI is InChI=1S/C21H25N5O.HI/c1-3-12-22-21(23-13-10-19-8-6-15-27-19)24-16-18-7-4-5-9-20(18)26-14-11-17(2)25-26;/h3-9,11,14-15H,1,10,12-13,16H2,2H3,(H2,22,23,24);1H. The number of guanidine groups is 1. The first-order chi connectivity index (χ1) is 13.3. The largest absolute Gasteiger partial charge is 0.469 e. The van der Waals surface area contributed by atoms with Crippen molar-refractivity contribution in [1.82, 2.24) is 20.4 Å². The summed E-state index contributed by atoms with van der Waals surface area (Å²) >= 11 is 0. The van der Waals surface area contributed by atoms with E-state index in [0.29, 0.717) is 13.1 Å². The summed E-state index contributed by atoms with van der Waals surface area (Å²) in [5.74, 6) is 1.69. The number of aryl methyl sites for hydroxylation is 1. The van der Waals surface area contributed by atoms with Crippen molar-refractivity contribution in [3.8, 4) is 5.69 Å². The van der Waals surface area contributed by atoms with Crippen LogP contribution in [-0.4, -0.2) is 28.8 Å². The van der Waals surface area contributed by atoms with Gasteiger partial charge in [-0.15, -0.1) is 30.6 Å². The van der Waals surface area contributed by atoms with Gasteiger partial charge in [0.15, 0.2) is 5.96 Å². The smallest absolute Gasteiger partial charge is 0.191 e. The van der Waals surface area contributed by atoms with Crippen LogP contribution in [0.2, 0.25) is 0 Å². The lowest BCUT2D eigenvalue weighted by molar-refractivity contribution is 0.507. The zero-order valence-corrected chi connectivity index (χ0v) is 18.3. The van der Waals surface area contributed by atoms with E-state index in [1.807, 2.05) is 54.2 Å². The van der Waals surface area contributed by atoms with Crippen LogP contribution in [0.3, 0.4) is 0 Å². The molecule has 2 heterocycles. The van der Waals surface area contributed by atoms with Crippen molar-refractivity contribution in [2.45, 2.75) is 19.9 Å². The number of nitrogens with zero attached hydrogens (tertiary/aromatic N) is 3. The number of hydrogen-bond acceptors (Lipinski definition) is 3. The third-order valence-corrected chi connectivity index (χ3v) is 4.03. The molecule has 0 unspecified atom stereocenters. The first-order valence-electron chi connectivity index (χ1n) is 9.02. The van der Waals surface area contributed by atoms with Crippen LogP contribution in [0.15, 0.2) is 77.0 Å². The summed E-state index contributed by atoms with van der Waals surface area (Å²) in [4.78, 5) is 4.72. The zero-order chi connectivity index (χ0) is 18.9. The highest BCUT2D eigenvalue weighted by atomic mass is 127. The fourth-order valence-electron chi connectivity index (χ4n) is 2.68. The van der Waals surface area contributed by atoms with Crippen molar-refractivity contribution in [3.05, 3.63) is 84.6 Å². The van der Waals surface area contributed by atoms with Crippen LogP contribution in [0, 0.1) is 6.92 Å². The van der Waals surface area contributed by atoms with Gasteiger partial charge in [0.05, 0.1) is 24.2 Å². The maximum Gasteiger partial charge on any atom is 0.191 e. The fourth-order valence-corrected chi connectivity index (χ4v) is 2.68. The first kappa shape index (κ1) is 21.7. The van der Waals surface area contributed by atoms with Gasteiger partial charge in [-0.05, 0) is 36.8 Å². The number of halogens is 1. The zero-order valence-electron chi connectivity index (χ0n) is 16.0. The molecule has 3 rings (SSSR count). The van der Waals surface area contributed by atoms with Gasteiger partial charge in [-0.3, -0.25) is 0 Å². The van der Waals surface area contributed by atoms with Gasteiger partial charge in [0, 0.05) is 25.7 Å². The molecule has 0 radical (unpaired) electrons. The summed E-state index contributed by atoms with van der Waals surface area (Å²) in [5, 5.41) is 11.1. The SMILES string of the molecule is C=CCNC(=NCc1ccccc1-n1ccc(C)n1)NCCc1ccco1.I. The Morgan fingerprint density at radius 3 is 2.79 bits per heavy atom. The van der Waals surface area contributed by atoms with Crippen molar-refractivity contribution < 1.29 is 4.42 Å². The van der Waals surface area contributed by atoms with Crippen molar-refractivity contribution in [1.29, 1.82) is 0 Å². The molecule has 6 nitrogen and oxygen atoms in total. The molecular formula is C21H26IN5O. The monoisotopic (exact) mass is 491 g/mol. The molecule has 148 valence electrons. The van der Waals surface area contributed by atoms with Gasteiger partial charge in [0.1, 0.15) is 5.76 Å². The lowest BCUT2D eigenvalue weighted by Gasteiger charge is -2.12. The molecule has 0 saturated heterocycles. The average Bonchev–Trinajstić information content (AvgIpc) is 3.35. The lowest BCUT2D eigenvalue weighted by atomic mass is 10.2. The molecule has 0 spiro atoms. The van der Waals surface area contributed by atoms with Gasteiger partial charge >= 0.3 is 0 Å². The Kier molecular flexibility index (Phi) is 8.80. The number of aromatic nitrogens is 2. The number of benzene rings is 1. The second kappa shape index (κ2) is 11.3. The number of aliphatic imine (C=N–C) groups is 1. The minimum absolute atomic E-state index is 0. The Morgan fingerprint density at radius 2 is 2.07 bits per heavy atom. The molecule has 0 saturated carbocycles. The van der Waals surface area contributed by atoms with Gasteiger partial charge in [0.25, 0.3) is 0 Å². The van der Waals surface area contributed by atoms with Gasteiger partial charge < -0.3 is 15.1 Å². The minimum Gasteiger partial charge on any atom is -0.469 e. The van der Waals surface area contributed by atoms with Gasteiger partial charge in [-0.2, -0.15) is 5.10 Å². The predicted octanol–water partition coefficient (Wildman–Crippen LogP) is 3.86. The summed E-state index contributed by atoms with van der Waals surface area (Å²) in [7, 11) is 0. The molecule has 3 aromatic rings. The molecule has 28 heavy (non-hydrogen) atoms. The molecule has 2 N–H and O–H groups in total. The lowest BCUT2D eigenvalue weighted by Crippen LogP contribution is -2.38. The van der Waals surface area contributed by atoms with Crippen molar-refractivity contribution in [2.75, 3.05) is 13.1 Å². The Labute approximate surface area is 182 Å². The van der Waals surface area contributed by atoms with Gasteiger partial charge in [-0.1, -0.05) is 24.3 Å². The molecule has 0 amide bonds. The second-order valence-electron chi connectivity index (χ2n) is 6.12. The molecule has 7 heteroatoms. The highest BCUT2D eigenvalue weighted by Crippen LogP contribution is 2.15. The topological polar surface area (TPSA) is 67.4 Å². The molecule has 0 aliphatic heterocycles. The van der Waals surface area contributed by atoms with Crippen molar-refractivity contribution >= 4 is 29.9 Å². The van der Waals surface area contributed by atoms with Crippen molar-refractivity contribution in [3.63, 3.8) is 0 Å². The van der Waals surface area contributed by atoms with Crippen LogP contribution in [0.1, 0.15) is 17.0 Å². The molecule has 0 fully saturated rings. The van der Waals surface area contributed by atoms with E-state index >= 15 is 0 Å². The van der Waals surface area contributed by atoms with E-state index in [1.165, 1.54) is 0 Å². The maximum absolute atomic E-state index is 5.37. The normalized spacial score (nSPS) is 11.0. The van der Waals surface area contributed by atoms with Crippen LogP contribution in [0.5, 0.6) is 0 Å². The van der Waals surface area contributed by atoms with E-state index in [1.54, 1.807) is 6.26 Å². The van der Waals surface area contributed by atoms with Crippen molar-refractivity contribution in [2.24, 2.45) is 4.99 Å². The number of para-hydroxylation sites is 1. The van der Waals surface area contributed by atoms with Crippen LogP contribution in [0.25, 0.3) is 5.69 Å². The third-order valence-electron chi connectivity index (χ3n) is 4.03. The van der Waals surface area contributed by atoms with E-state index in [0.717, 1.165) is 41.6 Å². The van der Waals surface area contributed by atoms with E-state index in [9.17, 15) is 0 Å². The highest BCUT2D eigenvalue weighted by Gasteiger charge is 2.06. The molecule has 0 aliphatic rings. The maximum atomic E-state index is 5.37. The fraction of sp³-hybridized carbons (Fsp3) is 0.238. The Balaban J connectivity index is 0.00000280. The van der Waals surface area contributed by atoms with E-state index < -0.39 is 0 Å². The molecule has 0 bridgehead atoms. The highest BCUT2D eigenvalue weighted by molar-refractivity contribution is 14.0. The number of hydrogen-bond donors (Lipinski definition) is 2. The van der Waals surface area contributed by atoms with E-state index in [4.69, 9.17) is 9.41 Å². The summed E-state index contributed by atoms with van der Waals surface area (Å²) in [6.45, 7) is 7.66. The second-order valence-corrected chi connectivity index (χ2v) is 6.12. The van der Waals surface area contributed by atoms with Crippen LogP contribution >= 0.6 is 24.0 Å². The Hall–Kier alpha value is -2.55. The third kappa shape index (κ3) is 6.26.